The number of carbonyl (C=O) groups is 2. The second kappa shape index (κ2) is 9.25. The molecule has 1 atom stereocenters. The lowest BCUT2D eigenvalue weighted by Crippen LogP contribution is -2.31. The van der Waals surface area contributed by atoms with Crippen LogP contribution in [0.5, 0.6) is 11.5 Å². The molecule has 31 heavy (non-hydrogen) atoms. The standard InChI is InChI=1S/C25H29NO5/c1-15(2)12-21(28)22-23(17-6-5-7-19(27)13-17)26(25(30)24(22)29)18-8-10-20(11-9-18)31-14-16(3)4/h5-11,13,15-16,23,27,29H,12,14H2,1-4H3. The van der Waals surface area contributed by atoms with E-state index in [0.29, 0.717) is 29.5 Å². The van der Waals surface area contributed by atoms with Gasteiger partial charge < -0.3 is 14.9 Å². The fourth-order valence-electron chi connectivity index (χ4n) is 3.61. The van der Waals surface area contributed by atoms with Gasteiger partial charge in [0.2, 0.25) is 0 Å². The molecule has 0 fully saturated rings. The number of phenolic OH excluding ortho intramolecular Hbond substituents is 1. The second-order valence-corrected chi connectivity index (χ2v) is 8.65. The highest BCUT2D eigenvalue weighted by molar-refractivity contribution is 6.16. The van der Waals surface area contributed by atoms with Crippen molar-refractivity contribution in [2.45, 2.75) is 40.2 Å². The molecule has 2 aromatic carbocycles. The first-order valence-corrected chi connectivity index (χ1v) is 10.5. The molecule has 6 heteroatoms. The highest BCUT2D eigenvalue weighted by Gasteiger charge is 2.44. The summed E-state index contributed by atoms with van der Waals surface area (Å²) >= 11 is 0. The molecule has 0 radical (unpaired) electrons. The fourth-order valence-corrected chi connectivity index (χ4v) is 3.61. The molecule has 164 valence electrons. The summed E-state index contributed by atoms with van der Waals surface area (Å²) in [5, 5.41) is 20.6. The molecule has 1 aliphatic heterocycles. The third-order valence-electron chi connectivity index (χ3n) is 4.99. The van der Waals surface area contributed by atoms with Crippen LogP contribution in [0.2, 0.25) is 0 Å². The number of ketones is 1. The van der Waals surface area contributed by atoms with Gasteiger partial charge in [-0.25, -0.2) is 0 Å². The van der Waals surface area contributed by atoms with Gasteiger partial charge in [0.1, 0.15) is 11.5 Å². The minimum Gasteiger partial charge on any atom is -0.508 e. The van der Waals surface area contributed by atoms with Crippen LogP contribution in [0.25, 0.3) is 0 Å². The van der Waals surface area contributed by atoms with Gasteiger partial charge in [0.05, 0.1) is 18.2 Å². The Bertz CT molecular complexity index is 991. The third-order valence-corrected chi connectivity index (χ3v) is 4.99. The maximum Gasteiger partial charge on any atom is 0.294 e. The summed E-state index contributed by atoms with van der Waals surface area (Å²) in [6, 6.07) is 12.6. The van der Waals surface area contributed by atoms with E-state index in [0.717, 1.165) is 0 Å². The van der Waals surface area contributed by atoms with Crippen LogP contribution in [0.4, 0.5) is 5.69 Å². The summed E-state index contributed by atoms with van der Waals surface area (Å²) in [5.41, 5.74) is 1.13. The van der Waals surface area contributed by atoms with Crippen molar-refractivity contribution >= 4 is 17.4 Å². The van der Waals surface area contributed by atoms with E-state index in [1.54, 1.807) is 36.4 Å². The number of Topliss-reactive ketones (excluding diaryl/α,β-unsaturated/α-hetero) is 1. The first-order valence-electron chi connectivity index (χ1n) is 10.5. The Morgan fingerprint density at radius 2 is 1.71 bits per heavy atom. The number of aliphatic hydroxyl groups is 1. The van der Waals surface area contributed by atoms with Crippen molar-refractivity contribution in [3.8, 4) is 11.5 Å². The molecule has 0 aliphatic carbocycles. The van der Waals surface area contributed by atoms with Crippen molar-refractivity contribution in [1.82, 2.24) is 0 Å². The third kappa shape index (κ3) is 4.90. The molecule has 2 N–H and O–H groups in total. The van der Waals surface area contributed by atoms with E-state index in [9.17, 15) is 19.8 Å². The van der Waals surface area contributed by atoms with E-state index in [4.69, 9.17) is 4.74 Å². The van der Waals surface area contributed by atoms with Gasteiger partial charge in [-0.2, -0.15) is 0 Å². The van der Waals surface area contributed by atoms with Gasteiger partial charge in [-0.15, -0.1) is 0 Å². The number of nitrogens with zero attached hydrogens (tertiary/aromatic N) is 1. The smallest absolute Gasteiger partial charge is 0.294 e. The topological polar surface area (TPSA) is 87.1 Å². The zero-order valence-electron chi connectivity index (χ0n) is 18.3. The lowest BCUT2D eigenvalue weighted by atomic mass is 9.92. The van der Waals surface area contributed by atoms with E-state index >= 15 is 0 Å². The van der Waals surface area contributed by atoms with Crippen molar-refractivity contribution in [3.63, 3.8) is 0 Å². The van der Waals surface area contributed by atoms with Crippen LogP contribution in [0.1, 0.15) is 45.7 Å². The number of hydrogen-bond acceptors (Lipinski definition) is 5. The van der Waals surface area contributed by atoms with Gasteiger partial charge in [0.15, 0.2) is 11.5 Å². The van der Waals surface area contributed by atoms with Crippen LogP contribution >= 0.6 is 0 Å². The van der Waals surface area contributed by atoms with E-state index in [2.05, 4.69) is 13.8 Å². The number of benzene rings is 2. The average molecular weight is 424 g/mol. The molecule has 0 saturated carbocycles. The number of aromatic hydroxyl groups is 1. The van der Waals surface area contributed by atoms with Crippen LogP contribution in [0.3, 0.4) is 0 Å². The summed E-state index contributed by atoms with van der Waals surface area (Å²) in [6.07, 6.45) is 0.206. The van der Waals surface area contributed by atoms with Gasteiger partial charge in [-0.3, -0.25) is 14.5 Å². The Labute approximate surface area is 182 Å². The number of ether oxygens (including phenoxy) is 1. The van der Waals surface area contributed by atoms with Crippen LogP contribution < -0.4 is 9.64 Å². The van der Waals surface area contributed by atoms with Crippen LogP contribution in [0, 0.1) is 11.8 Å². The molecule has 1 heterocycles. The predicted molar refractivity (Wildman–Crippen MR) is 119 cm³/mol. The lowest BCUT2D eigenvalue weighted by Gasteiger charge is -2.27. The van der Waals surface area contributed by atoms with Gasteiger partial charge in [-0.1, -0.05) is 39.8 Å². The predicted octanol–water partition coefficient (Wildman–Crippen LogP) is 4.94. The van der Waals surface area contributed by atoms with Crippen LogP contribution in [-0.4, -0.2) is 28.5 Å². The maximum atomic E-state index is 13.0. The van der Waals surface area contributed by atoms with Crippen LogP contribution in [-0.2, 0) is 9.59 Å². The Morgan fingerprint density at radius 1 is 1.03 bits per heavy atom. The van der Waals surface area contributed by atoms with Crippen molar-refractivity contribution in [2.75, 3.05) is 11.5 Å². The highest BCUT2D eigenvalue weighted by atomic mass is 16.5. The molecular formula is C25H29NO5. The first-order chi connectivity index (χ1) is 14.7. The Hall–Kier alpha value is -3.28. The minimum atomic E-state index is -0.826. The molecule has 6 nitrogen and oxygen atoms in total. The molecular weight excluding hydrogens is 394 g/mol. The van der Waals surface area contributed by atoms with Crippen molar-refractivity contribution in [3.05, 3.63) is 65.4 Å². The zero-order chi connectivity index (χ0) is 22.7. The molecule has 0 spiro atoms. The first kappa shape index (κ1) is 22.4. The van der Waals surface area contributed by atoms with Crippen LogP contribution in [0.15, 0.2) is 59.9 Å². The number of phenols is 1. The van der Waals surface area contributed by atoms with Crippen molar-refractivity contribution in [1.29, 1.82) is 0 Å². The summed E-state index contributed by atoms with van der Waals surface area (Å²) in [7, 11) is 0. The second-order valence-electron chi connectivity index (χ2n) is 8.65. The fraction of sp³-hybridized carbons (Fsp3) is 0.360. The summed E-state index contributed by atoms with van der Waals surface area (Å²) in [6.45, 7) is 8.50. The minimum absolute atomic E-state index is 0.0179. The van der Waals surface area contributed by atoms with E-state index in [1.165, 1.54) is 17.0 Å². The SMILES string of the molecule is CC(C)COc1ccc(N2C(=O)C(O)=C(C(=O)CC(C)C)C2c2cccc(O)c2)cc1. The quantitative estimate of drug-likeness (QED) is 0.628. The zero-order valence-corrected chi connectivity index (χ0v) is 18.3. The molecule has 0 bridgehead atoms. The Morgan fingerprint density at radius 3 is 2.29 bits per heavy atom. The summed E-state index contributed by atoms with van der Waals surface area (Å²) < 4.78 is 5.71. The van der Waals surface area contributed by atoms with E-state index in [1.807, 2.05) is 13.8 Å². The molecule has 0 saturated heterocycles. The molecule has 1 unspecified atom stereocenters. The number of aliphatic hydroxyl groups excluding tert-OH is 1. The normalized spacial score (nSPS) is 16.5. The van der Waals surface area contributed by atoms with E-state index < -0.39 is 17.7 Å². The van der Waals surface area contributed by atoms with Gasteiger partial charge in [0, 0.05) is 12.1 Å². The maximum absolute atomic E-state index is 13.0. The van der Waals surface area contributed by atoms with Crippen molar-refractivity contribution < 1.29 is 24.5 Å². The van der Waals surface area contributed by atoms with Crippen molar-refractivity contribution in [2.24, 2.45) is 11.8 Å². The average Bonchev–Trinajstić information content (AvgIpc) is 2.97. The number of anilines is 1. The molecule has 1 amide bonds. The summed E-state index contributed by atoms with van der Waals surface area (Å²) in [5.74, 6) is -0.329. The Kier molecular flexibility index (Phi) is 6.68. The highest BCUT2D eigenvalue weighted by Crippen LogP contribution is 2.42. The van der Waals surface area contributed by atoms with Gasteiger partial charge in [0.25, 0.3) is 5.91 Å². The number of rotatable bonds is 8. The van der Waals surface area contributed by atoms with Gasteiger partial charge in [-0.05, 0) is 53.8 Å². The Balaban J connectivity index is 2.02. The molecule has 3 rings (SSSR count). The number of carbonyl (C=O) groups excluding carboxylic acids is 2. The largest absolute Gasteiger partial charge is 0.508 e. The number of amides is 1. The number of hydrogen-bond donors (Lipinski definition) is 2. The van der Waals surface area contributed by atoms with Gasteiger partial charge >= 0.3 is 0 Å². The summed E-state index contributed by atoms with van der Waals surface area (Å²) in [4.78, 5) is 27.4. The lowest BCUT2D eigenvalue weighted by molar-refractivity contribution is -0.118. The monoisotopic (exact) mass is 423 g/mol. The molecule has 1 aliphatic rings. The molecule has 0 aromatic heterocycles. The molecule has 2 aromatic rings. The van der Waals surface area contributed by atoms with E-state index in [-0.39, 0.29) is 29.4 Å².